The van der Waals surface area contributed by atoms with E-state index in [4.69, 9.17) is 4.74 Å². The molecule has 0 saturated heterocycles. The molecule has 1 unspecified atom stereocenters. The Kier molecular flexibility index (Phi) is 8.01. The summed E-state index contributed by atoms with van der Waals surface area (Å²) in [6.45, 7) is 7.41. The zero-order chi connectivity index (χ0) is 11.7. The highest BCUT2D eigenvalue weighted by molar-refractivity contribution is 5.81. The van der Waals surface area contributed by atoms with Gasteiger partial charge in [0.15, 0.2) is 0 Å². The molecule has 0 spiro atoms. The van der Waals surface area contributed by atoms with Crippen LogP contribution in [0.5, 0.6) is 0 Å². The number of ether oxygens (including phenoxy) is 1. The molecule has 0 aromatic carbocycles. The lowest BCUT2D eigenvalue weighted by Gasteiger charge is -2.22. The molecule has 1 atom stereocenters. The van der Waals surface area contributed by atoms with E-state index in [9.17, 15) is 4.79 Å². The van der Waals surface area contributed by atoms with Crippen molar-refractivity contribution < 1.29 is 9.53 Å². The van der Waals surface area contributed by atoms with E-state index in [1.165, 1.54) is 18.9 Å². The molecule has 0 aliphatic carbocycles. The smallest absolute Gasteiger partial charge is 0.330 e. The number of carbonyl (C=O) groups is 1. The molecule has 0 saturated carbocycles. The van der Waals surface area contributed by atoms with Crippen molar-refractivity contribution in [3.8, 4) is 0 Å². The molecule has 0 aliphatic heterocycles. The van der Waals surface area contributed by atoms with E-state index >= 15 is 0 Å². The quantitative estimate of drug-likeness (QED) is 0.480. The average Bonchev–Trinajstić information content (AvgIpc) is 2.18. The van der Waals surface area contributed by atoms with Crippen molar-refractivity contribution in [1.29, 1.82) is 0 Å². The predicted molar refractivity (Wildman–Crippen MR) is 62.8 cm³/mol. The first-order valence-electron chi connectivity index (χ1n) is 5.65. The Morgan fingerprint density at radius 2 is 2.13 bits per heavy atom. The first-order chi connectivity index (χ1) is 7.11. The molecule has 0 heterocycles. The molecule has 0 rings (SSSR count). The van der Waals surface area contributed by atoms with Crippen LogP contribution in [-0.2, 0) is 9.53 Å². The van der Waals surface area contributed by atoms with Gasteiger partial charge in [-0.2, -0.15) is 0 Å². The molecule has 0 aliphatic rings. The molecule has 88 valence electrons. The van der Waals surface area contributed by atoms with Gasteiger partial charge in [-0.05, 0) is 27.3 Å². The van der Waals surface area contributed by atoms with E-state index in [1.807, 2.05) is 6.08 Å². The average molecular weight is 213 g/mol. The minimum absolute atomic E-state index is 0.256. The number of nitrogens with zero attached hydrogens (tertiary/aromatic N) is 1. The Bertz CT molecular complexity index is 202. The van der Waals surface area contributed by atoms with Crippen molar-refractivity contribution in [2.75, 3.05) is 20.2 Å². The third-order valence-corrected chi connectivity index (χ3v) is 2.39. The van der Waals surface area contributed by atoms with Gasteiger partial charge in [0.2, 0.25) is 0 Å². The molecular formula is C12H23NO2. The summed E-state index contributed by atoms with van der Waals surface area (Å²) < 4.78 is 4.79. The van der Waals surface area contributed by atoms with Crippen LogP contribution in [0, 0.1) is 0 Å². The van der Waals surface area contributed by atoms with Crippen molar-refractivity contribution in [3.63, 3.8) is 0 Å². The van der Waals surface area contributed by atoms with Gasteiger partial charge in [-0.1, -0.05) is 19.4 Å². The fraction of sp³-hybridized carbons (Fsp3) is 0.750. The van der Waals surface area contributed by atoms with Gasteiger partial charge in [0.05, 0.1) is 6.61 Å². The van der Waals surface area contributed by atoms with E-state index in [2.05, 4.69) is 25.8 Å². The second-order valence-electron chi connectivity index (χ2n) is 3.73. The summed E-state index contributed by atoms with van der Waals surface area (Å²) in [5.74, 6) is -0.256. The van der Waals surface area contributed by atoms with Gasteiger partial charge in [-0.25, -0.2) is 4.79 Å². The summed E-state index contributed by atoms with van der Waals surface area (Å²) in [5.41, 5.74) is 0. The summed E-state index contributed by atoms with van der Waals surface area (Å²) in [6, 6.07) is 0.557. The Morgan fingerprint density at radius 3 is 2.67 bits per heavy atom. The predicted octanol–water partition coefficient (Wildman–Crippen LogP) is 2.23. The molecule has 0 aromatic rings. The van der Waals surface area contributed by atoms with Crippen molar-refractivity contribution >= 4 is 5.97 Å². The lowest BCUT2D eigenvalue weighted by Crippen LogP contribution is -2.29. The first-order valence-corrected chi connectivity index (χ1v) is 5.65. The SMILES string of the molecule is CCCC(C)N(C)C/C=C/C(=O)OCC. The largest absolute Gasteiger partial charge is 0.463 e. The van der Waals surface area contributed by atoms with Crippen LogP contribution in [0.15, 0.2) is 12.2 Å². The van der Waals surface area contributed by atoms with Crippen LogP contribution in [0.1, 0.15) is 33.6 Å². The first kappa shape index (κ1) is 14.2. The van der Waals surface area contributed by atoms with E-state index in [-0.39, 0.29) is 5.97 Å². The number of rotatable bonds is 7. The highest BCUT2D eigenvalue weighted by atomic mass is 16.5. The van der Waals surface area contributed by atoms with Gasteiger partial charge in [-0.3, -0.25) is 0 Å². The maximum Gasteiger partial charge on any atom is 0.330 e. The van der Waals surface area contributed by atoms with Crippen LogP contribution in [-0.4, -0.2) is 37.1 Å². The highest BCUT2D eigenvalue weighted by Crippen LogP contribution is 2.03. The van der Waals surface area contributed by atoms with Crippen molar-refractivity contribution in [2.24, 2.45) is 0 Å². The second kappa shape index (κ2) is 8.48. The highest BCUT2D eigenvalue weighted by Gasteiger charge is 2.05. The van der Waals surface area contributed by atoms with Crippen LogP contribution in [0.4, 0.5) is 0 Å². The lowest BCUT2D eigenvalue weighted by molar-refractivity contribution is -0.137. The summed E-state index contributed by atoms with van der Waals surface area (Å²) in [6.07, 6.45) is 5.72. The van der Waals surface area contributed by atoms with Gasteiger partial charge in [0, 0.05) is 18.7 Å². The van der Waals surface area contributed by atoms with Gasteiger partial charge < -0.3 is 9.64 Å². The number of esters is 1. The van der Waals surface area contributed by atoms with Crippen LogP contribution in [0.25, 0.3) is 0 Å². The lowest BCUT2D eigenvalue weighted by atomic mass is 10.2. The van der Waals surface area contributed by atoms with Gasteiger partial charge in [-0.15, -0.1) is 0 Å². The molecule has 3 heteroatoms. The number of carbonyl (C=O) groups excluding carboxylic acids is 1. The zero-order valence-corrected chi connectivity index (χ0v) is 10.3. The maximum atomic E-state index is 11.0. The van der Waals surface area contributed by atoms with Crippen LogP contribution >= 0.6 is 0 Å². The molecule has 0 aromatic heterocycles. The molecule has 0 fully saturated rings. The van der Waals surface area contributed by atoms with Crippen LogP contribution in [0.3, 0.4) is 0 Å². The Balaban J connectivity index is 3.78. The summed E-state index contributed by atoms with van der Waals surface area (Å²) in [5, 5.41) is 0. The van der Waals surface area contributed by atoms with Crippen molar-refractivity contribution in [3.05, 3.63) is 12.2 Å². The third kappa shape index (κ3) is 7.14. The minimum atomic E-state index is -0.256. The van der Waals surface area contributed by atoms with Crippen LogP contribution < -0.4 is 0 Å². The Morgan fingerprint density at radius 1 is 1.47 bits per heavy atom. The van der Waals surface area contributed by atoms with E-state index < -0.39 is 0 Å². The maximum absolute atomic E-state index is 11.0. The molecule has 0 N–H and O–H groups in total. The van der Waals surface area contributed by atoms with E-state index in [0.717, 1.165) is 6.54 Å². The molecule has 15 heavy (non-hydrogen) atoms. The zero-order valence-electron chi connectivity index (χ0n) is 10.3. The number of likely N-dealkylation sites (N-methyl/N-ethyl adjacent to an activating group) is 1. The standard InChI is InChI=1S/C12H23NO2/c1-5-8-11(3)13(4)10-7-9-12(14)15-6-2/h7,9,11H,5-6,8,10H2,1-4H3/b9-7+. The molecule has 3 nitrogen and oxygen atoms in total. The Labute approximate surface area is 93.1 Å². The summed E-state index contributed by atoms with van der Waals surface area (Å²) >= 11 is 0. The van der Waals surface area contributed by atoms with Crippen molar-refractivity contribution in [1.82, 2.24) is 4.90 Å². The summed E-state index contributed by atoms with van der Waals surface area (Å²) in [7, 11) is 2.07. The van der Waals surface area contributed by atoms with Gasteiger partial charge >= 0.3 is 5.97 Å². The van der Waals surface area contributed by atoms with Crippen molar-refractivity contribution in [2.45, 2.75) is 39.7 Å². The normalized spacial score (nSPS) is 13.4. The monoisotopic (exact) mass is 213 g/mol. The fourth-order valence-corrected chi connectivity index (χ4v) is 1.32. The second-order valence-corrected chi connectivity index (χ2v) is 3.73. The number of hydrogen-bond acceptors (Lipinski definition) is 3. The molecule has 0 radical (unpaired) electrons. The van der Waals surface area contributed by atoms with Gasteiger partial charge in [0.25, 0.3) is 0 Å². The Hall–Kier alpha value is -0.830. The van der Waals surface area contributed by atoms with E-state index in [1.54, 1.807) is 6.92 Å². The number of hydrogen-bond donors (Lipinski definition) is 0. The van der Waals surface area contributed by atoms with Gasteiger partial charge in [0.1, 0.15) is 0 Å². The minimum Gasteiger partial charge on any atom is -0.463 e. The topological polar surface area (TPSA) is 29.5 Å². The van der Waals surface area contributed by atoms with Crippen LogP contribution in [0.2, 0.25) is 0 Å². The van der Waals surface area contributed by atoms with E-state index in [0.29, 0.717) is 12.6 Å². The summed E-state index contributed by atoms with van der Waals surface area (Å²) in [4.78, 5) is 13.2. The molecule has 0 amide bonds. The molecular weight excluding hydrogens is 190 g/mol. The third-order valence-electron chi connectivity index (χ3n) is 2.39. The fourth-order valence-electron chi connectivity index (χ4n) is 1.32. The molecule has 0 bridgehead atoms.